The first-order valence-electron chi connectivity index (χ1n) is 5.90. The molecule has 0 aliphatic carbocycles. The minimum Gasteiger partial charge on any atom is -0.396 e. The van der Waals surface area contributed by atoms with Crippen LogP contribution in [-0.4, -0.2) is 35.1 Å². The zero-order valence-corrected chi connectivity index (χ0v) is 10.7. The van der Waals surface area contributed by atoms with Crippen molar-refractivity contribution in [3.05, 3.63) is 23.9 Å². The summed E-state index contributed by atoms with van der Waals surface area (Å²) in [6, 6.07) is 3.96. The topological polar surface area (TPSA) is 53.4 Å². The van der Waals surface area contributed by atoms with E-state index < -0.39 is 0 Å². The van der Waals surface area contributed by atoms with E-state index in [2.05, 4.69) is 23.7 Å². The quantitative estimate of drug-likeness (QED) is 0.766. The van der Waals surface area contributed by atoms with Crippen molar-refractivity contribution < 1.29 is 9.90 Å². The fourth-order valence-corrected chi connectivity index (χ4v) is 1.64. The standard InChI is InChI=1S/C13H20N2O2/c1-10(2)15(7-4-8-16)13-6-5-12(9-14-13)11(3)17/h5-6,9-10,16H,4,7-8H2,1-3H3. The maximum Gasteiger partial charge on any atom is 0.161 e. The maximum absolute atomic E-state index is 11.1. The van der Waals surface area contributed by atoms with Crippen LogP contribution in [0.2, 0.25) is 0 Å². The molecule has 94 valence electrons. The first-order chi connectivity index (χ1) is 8.06. The number of carbonyl (C=O) groups is 1. The molecule has 0 aliphatic rings. The highest BCUT2D eigenvalue weighted by Crippen LogP contribution is 2.15. The van der Waals surface area contributed by atoms with E-state index in [1.165, 1.54) is 6.92 Å². The molecule has 1 heterocycles. The third-order valence-electron chi connectivity index (χ3n) is 2.63. The van der Waals surface area contributed by atoms with Crippen LogP contribution in [0, 0.1) is 0 Å². The SMILES string of the molecule is CC(=O)c1ccc(N(CCCO)C(C)C)nc1. The van der Waals surface area contributed by atoms with E-state index >= 15 is 0 Å². The summed E-state index contributed by atoms with van der Waals surface area (Å²) < 4.78 is 0. The van der Waals surface area contributed by atoms with Gasteiger partial charge in [-0.2, -0.15) is 0 Å². The molecule has 1 aromatic heterocycles. The van der Waals surface area contributed by atoms with Gasteiger partial charge in [0.25, 0.3) is 0 Å². The summed E-state index contributed by atoms with van der Waals surface area (Å²) in [5.74, 6) is 0.869. The van der Waals surface area contributed by atoms with Crippen LogP contribution >= 0.6 is 0 Å². The van der Waals surface area contributed by atoms with Crippen molar-refractivity contribution in [3.8, 4) is 0 Å². The van der Waals surface area contributed by atoms with Gasteiger partial charge in [0, 0.05) is 31.0 Å². The highest BCUT2D eigenvalue weighted by atomic mass is 16.3. The molecule has 1 aromatic rings. The summed E-state index contributed by atoms with van der Waals surface area (Å²) >= 11 is 0. The number of hydrogen-bond donors (Lipinski definition) is 1. The second-order valence-electron chi connectivity index (χ2n) is 4.33. The first kappa shape index (κ1) is 13.6. The zero-order chi connectivity index (χ0) is 12.8. The predicted molar refractivity (Wildman–Crippen MR) is 68.4 cm³/mol. The van der Waals surface area contributed by atoms with Gasteiger partial charge in [0.1, 0.15) is 5.82 Å². The molecular formula is C13H20N2O2. The van der Waals surface area contributed by atoms with Crippen molar-refractivity contribution in [3.63, 3.8) is 0 Å². The van der Waals surface area contributed by atoms with Gasteiger partial charge in [0.2, 0.25) is 0 Å². The molecule has 0 bridgehead atoms. The molecule has 17 heavy (non-hydrogen) atoms. The van der Waals surface area contributed by atoms with E-state index in [9.17, 15) is 4.79 Å². The summed E-state index contributed by atoms with van der Waals surface area (Å²) in [6.07, 6.45) is 2.32. The lowest BCUT2D eigenvalue weighted by Crippen LogP contribution is -2.32. The van der Waals surface area contributed by atoms with Gasteiger partial charge in [-0.3, -0.25) is 4.79 Å². The maximum atomic E-state index is 11.1. The molecule has 0 spiro atoms. The number of anilines is 1. The van der Waals surface area contributed by atoms with Crippen LogP contribution in [0.5, 0.6) is 0 Å². The second-order valence-corrected chi connectivity index (χ2v) is 4.33. The van der Waals surface area contributed by atoms with Gasteiger partial charge < -0.3 is 10.0 Å². The number of aliphatic hydroxyl groups excluding tert-OH is 1. The average Bonchev–Trinajstić information content (AvgIpc) is 2.29. The molecule has 0 fully saturated rings. The third kappa shape index (κ3) is 3.82. The predicted octanol–water partition coefficient (Wildman–Crippen LogP) is 1.88. The molecule has 0 atom stereocenters. The average molecular weight is 236 g/mol. The molecule has 0 unspecified atom stereocenters. The number of aliphatic hydroxyl groups is 1. The molecule has 4 nitrogen and oxygen atoms in total. The highest BCUT2D eigenvalue weighted by molar-refractivity contribution is 5.93. The number of ketones is 1. The Morgan fingerprint density at radius 3 is 2.59 bits per heavy atom. The van der Waals surface area contributed by atoms with Crippen LogP contribution in [0.25, 0.3) is 0 Å². The van der Waals surface area contributed by atoms with Crippen molar-refractivity contribution in [2.24, 2.45) is 0 Å². The van der Waals surface area contributed by atoms with Crippen LogP contribution in [0.4, 0.5) is 5.82 Å². The van der Waals surface area contributed by atoms with Gasteiger partial charge in [0.15, 0.2) is 5.78 Å². The van der Waals surface area contributed by atoms with E-state index in [1.807, 2.05) is 6.07 Å². The van der Waals surface area contributed by atoms with Gasteiger partial charge in [0.05, 0.1) is 0 Å². The van der Waals surface area contributed by atoms with Crippen LogP contribution in [0.1, 0.15) is 37.6 Å². The lowest BCUT2D eigenvalue weighted by atomic mass is 10.2. The Balaban J connectivity index is 2.83. The normalized spacial score (nSPS) is 10.6. The molecule has 0 amide bonds. The molecule has 0 aliphatic heterocycles. The van der Waals surface area contributed by atoms with Crippen LogP contribution in [-0.2, 0) is 0 Å². The number of rotatable bonds is 6. The van der Waals surface area contributed by atoms with E-state index in [0.29, 0.717) is 18.0 Å². The van der Waals surface area contributed by atoms with Gasteiger partial charge in [-0.25, -0.2) is 4.98 Å². The van der Waals surface area contributed by atoms with Gasteiger partial charge in [-0.1, -0.05) is 0 Å². The fraction of sp³-hybridized carbons (Fsp3) is 0.538. The summed E-state index contributed by atoms with van der Waals surface area (Å²) in [7, 11) is 0. The minimum atomic E-state index is 0.0236. The largest absolute Gasteiger partial charge is 0.396 e. The molecule has 0 saturated heterocycles. The molecular weight excluding hydrogens is 216 g/mol. The van der Waals surface area contributed by atoms with Gasteiger partial charge in [-0.15, -0.1) is 0 Å². The van der Waals surface area contributed by atoms with Crippen LogP contribution in [0.3, 0.4) is 0 Å². The van der Waals surface area contributed by atoms with Crippen molar-refractivity contribution in [1.29, 1.82) is 0 Å². The molecule has 1 N–H and O–H groups in total. The Bertz CT molecular complexity index is 360. The summed E-state index contributed by atoms with van der Waals surface area (Å²) in [5, 5.41) is 8.87. The fourth-order valence-electron chi connectivity index (χ4n) is 1.64. The number of pyridine rings is 1. The summed E-state index contributed by atoms with van der Waals surface area (Å²) in [4.78, 5) is 17.6. The van der Waals surface area contributed by atoms with Crippen molar-refractivity contribution in [2.75, 3.05) is 18.1 Å². The summed E-state index contributed by atoms with van der Waals surface area (Å²) in [6.45, 7) is 6.63. The zero-order valence-electron chi connectivity index (χ0n) is 10.7. The Morgan fingerprint density at radius 1 is 1.47 bits per heavy atom. The number of Topliss-reactive ketones (excluding diaryl/α,β-unsaturated/α-hetero) is 1. The number of hydrogen-bond acceptors (Lipinski definition) is 4. The Morgan fingerprint density at radius 2 is 2.18 bits per heavy atom. The Labute approximate surface area is 102 Å². The highest BCUT2D eigenvalue weighted by Gasteiger charge is 2.11. The van der Waals surface area contributed by atoms with Crippen molar-refractivity contribution in [1.82, 2.24) is 4.98 Å². The molecule has 0 radical (unpaired) electrons. The molecule has 4 heteroatoms. The van der Waals surface area contributed by atoms with E-state index in [4.69, 9.17) is 5.11 Å². The third-order valence-corrected chi connectivity index (χ3v) is 2.63. The lowest BCUT2D eigenvalue weighted by Gasteiger charge is -2.27. The monoisotopic (exact) mass is 236 g/mol. The van der Waals surface area contributed by atoms with Gasteiger partial charge in [-0.05, 0) is 39.3 Å². The van der Waals surface area contributed by atoms with Crippen molar-refractivity contribution >= 4 is 11.6 Å². The lowest BCUT2D eigenvalue weighted by molar-refractivity contribution is 0.101. The van der Waals surface area contributed by atoms with E-state index in [0.717, 1.165) is 12.4 Å². The smallest absolute Gasteiger partial charge is 0.161 e. The van der Waals surface area contributed by atoms with E-state index in [-0.39, 0.29) is 12.4 Å². The van der Waals surface area contributed by atoms with Crippen LogP contribution in [0.15, 0.2) is 18.3 Å². The molecule has 0 saturated carbocycles. The molecule has 1 rings (SSSR count). The second kappa shape index (κ2) is 6.35. The Hall–Kier alpha value is -1.42. The number of aromatic nitrogens is 1. The Kier molecular flexibility index (Phi) is 5.10. The van der Waals surface area contributed by atoms with Gasteiger partial charge >= 0.3 is 0 Å². The number of nitrogens with zero attached hydrogens (tertiary/aromatic N) is 2. The minimum absolute atomic E-state index is 0.0236. The first-order valence-corrected chi connectivity index (χ1v) is 5.90. The van der Waals surface area contributed by atoms with E-state index in [1.54, 1.807) is 12.3 Å². The number of carbonyl (C=O) groups excluding carboxylic acids is 1. The van der Waals surface area contributed by atoms with Crippen molar-refractivity contribution in [2.45, 2.75) is 33.2 Å². The van der Waals surface area contributed by atoms with Crippen LogP contribution < -0.4 is 4.90 Å². The summed E-state index contributed by atoms with van der Waals surface area (Å²) in [5.41, 5.74) is 0.625. The molecule has 0 aromatic carbocycles.